The van der Waals surface area contributed by atoms with E-state index in [4.69, 9.17) is 9.16 Å². The second-order valence-corrected chi connectivity index (χ2v) is 13.0. The molecule has 0 amide bonds. The summed E-state index contributed by atoms with van der Waals surface area (Å²) in [4.78, 5) is 12.6. The molecule has 0 bridgehead atoms. The standard InChI is InChI=1S/C19H31N3O3Si/c1-13(2)26(14(3)4,15(5)6)25-17-12-10-9-11-16(17)22-18(24-8)20-21(7)19(22)23/h9-15H,1-8H3. The highest BCUT2D eigenvalue weighted by molar-refractivity contribution is 6.78. The Morgan fingerprint density at radius 2 is 1.54 bits per heavy atom. The quantitative estimate of drug-likeness (QED) is 0.681. The van der Waals surface area contributed by atoms with Crippen LogP contribution in [0.4, 0.5) is 0 Å². The number of ether oxygens (including phenoxy) is 1. The van der Waals surface area contributed by atoms with E-state index < -0.39 is 8.32 Å². The molecule has 0 aliphatic rings. The first-order chi connectivity index (χ1) is 12.2. The van der Waals surface area contributed by atoms with Gasteiger partial charge in [-0.05, 0) is 28.8 Å². The Bertz CT molecular complexity index is 787. The van der Waals surface area contributed by atoms with Crippen LogP contribution < -0.4 is 14.9 Å². The maximum atomic E-state index is 12.6. The lowest BCUT2D eigenvalue weighted by Crippen LogP contribution is -2.50. The Hall–Kier alpha value is -2.02. The molecule has 144 valence electrons. The maximum Gasteiger partial charge on any atom is 0.353 e. The first kappa shape index (κ1) is 20.3. The van der Waals surface area contributed by atoms with Crippen LogP contribution in [0.2, 0.25) is 16.6 Å². The van der Waals surface area contributed by atoms with Crippen LogP contribution in [-0.2, 0) is 7.05 Å². The van der Waals surface area contributed by atoms with Gasteiger partial charge in [-0.1, -0.05) is 53.7 Å². The number of aromatic nitrogens is 3. The van der Waals surface area contributed by atoms with Gasteiger partial charge in [0.05, 0.1) is 12.8 Å². The predicted molar refractivity (Wildman–Crippen MR) is 107 cm³/mol. The van der Waals surface area contributed by atoms with E-state index in [1.54, 1.807) is 7.05 Å². The van der Waals surface area contributed by atoms with Gasteiger partial charge in [-0.3, -0.25) is 0 Å². The van der Waals surface area contributed by atoms with Crippen molar-refractivity contribution in [2.24, 2.45) is 7.05 Å². The minimum atomic E-state index is -2.15. The maximum absolute atomic E-state index is 12.6. The van der Waals surface area contributed by atoms with Gasteiger partial charge >= 0.3 is 11.7 Å². The molecule has 7 heteroatoms. The number of para-hydroxylation sites is 2. The smallest absolute Gasteiger partial charge is 0.353 e. The van der Waals surface area contributed by atoms with Gasteiger partial charge in [-0.2, -0.15) is 0 Å². The second kappa shape index (κ2) is 7.69. The van der Waals surface area contributed by atoms with E-state index >= 15 is 0 Å². The fourth-order valence-corrected chi connectivity index (χ4v) is 9.31. The fourth-order valence-electron chi connectivity index (χ4n) is 4.05. The predicted octanol–water partition coefficient (Wildman–Crippen LogP) is 4.13. The third-order valence-electron chi connectivity index (χ3n) is 5.18. The number of hydrogen-bond acceptors (Lipinski definition) is 4. The lowest BCUT2D eigenvalue weighted by molar-refractivity contribution is 0.367. The Labute approximate surface area is 156 Å². The SMILES string of the molecule is COc1nn(C)c(=O)n1-c1ccccc1O[Si](C(C)C)(C(C)C)C(C)C. The van der Waals surface area contributed by atoms with Crippen LogP contribution in [0.1, 0.15) is 41.5 Å². The number of nitrogens with zero attached hydrogens (tertiary/aromatic N) is 3. The van der Waals surface area contributed by atoms with E-state index in [2.05, 4.69) is 46.6 Å². The Kier molecular flexibility index (Phi) is 6.00. The third-order valence-corrected chi connectivity index (χ3v) is 11.2. The molecule has 26 heavy (non-hydrogen) atoms. The van der Waals surface area contributed by atoms with Crippen molar-refractivity contribution in [1.82, 2.24) is 14.3 Å². The van der Waals surface area contributed by atoms with Crippen LogP contribution in [0.5, 0.6) is 11.8 Å². The molecular formula is C19H31N3O3Si. The highest BCUT2D eigenvalue weighted by atomic mass is 28.4. The van der Waals surface area contributed by atoms with Gasteiger partial charge in [0, 0.05) is 7.05 Å². The number of hydrogen-bond donors (Lipinski definition) is 0. The van der Waals surface area contributed by atoms with E-state index in [0.29, 0.717) is 28.1 Å². The van der Waals surface area contributed by atoms with Crippen LogP contribution in [0.25, 0.3) is 5.69 Å². The Morgan fingerprint density at radius 3 is 2.04 bits per heavy atom. The summed E-state index contributed by atoms with van der Waals surface area (Å²) in [7, 11) is 0.968. The van der Waals surface area contributed by atoms with Crippen LogP contribution >= 0.6 is 0 Å². The molecule has 0 spiro atoms. The van der Waals surface area contributed by atoms with Crippen molar-refractivity contribution in [1.29, 1.82) is 0 Å². The summed E-state index contributed by atoms with van der Waals surface area (Å²) in [6.07, 6.45) is 0. The molecule has 2 rings (SSSR count). The first-order valence-electron chi connectivity index (χ1n) is 9.15. The van der Waals surface area contributed by atoms with E-state index in [9.17, 15) is 4.79 Å². The summed E-state index contributed by atoms with van der Waals surface area (Å²) in [5, 5.41) is 4.15. The minimum Gasteiger partial charge on any atom is -0.541 e. The topological polar surface area (TPSA) is 58.3 Å². The average Bonchev–Trinajstić information content (AvgIpc) is 2.86. The monoisotopic (exact) mass is 377 g/mol. The molecule has 1 aromatic carbocycles. The summed E-state index contributed by atoms with van der Waals surface area (Å²) >= 11 is 0. The summed E-state index contributed by atoms with van der Waals surface area (Å²) < 4.78 is 14.9. The number of methoxy groups -OCH3 is 1. The fraction of sp³-hybridized carbons (Fsp3) is 0.579. The van der Waals surface area contributed by atoms with Gasteiger partial charge in [0.2, 0.25) is 0 Å². The summed E-state index contributed by atoms with van der Waals surface area (Å²) in [6, 6.07) is 7.89. The van der Waals surface area contributed by atoms with E-state index in [1.807, 2.05) is 24.3 Å². The van der Waals surface area contributed by atoms with Crippen LogP contribution in [0.3, 0.4) is 0 Å². The normalized spacial score (nSPS) is 12.3. The molecule has 2 aromatic rings. The summed E-state index contributed by atoms with van der Waals surface area (Å²) in [5.41, 5.74) is 1.71. The summed E-state index contributed by atoms with van der Waals surface area (Å²) in [5.74, 6) is 0.712. The highest BCUT2D eigenvalue weighted by Crippen LogP contribution is 2.43. The van der Waals surface area contributed by atoms with Gasteiger partial charge in [-0.25, -0.2) is 14.0 Å². The number of aryl methyl sites for hydroxylation is 1. The van der Waals surface area contributed by atoms with Gasteiger partial charge in [0.1, 0.15) is 5.75 Å². The molecule has 0 radical (unpaired) electrons. The molecule has 0 saturated heterocycles. The van der Waals surface area contributed by atoms with E-state index in [1.165, 1.54) is 16.4 Å². The van der Waals surface area contributed by atoms with Gasteiger partial charge < -0.3 is 9.16 Å². The molecule has 0 saturated carbocycles. The zero-order valence-electron chi connectivity index (χ0n) is 17.1. The molecule has 0 atom stereocenters. The molecule has 0 fully saturated rings. The van der Waals surface area contributed by atoms with Crippen molar-refractivity contribution in [3.8, 4) is 17.4 Å². The van der Waals surface area contributed by atoms with Crippen molar-refractivity contribution in [3.05, 3.63) is 34.7 Å². The van der Waals surface area contributed by atoms with Crippen molar-refractivity contribution in [2.75, 3.05) is 7.11 Å². The molecule has 0 aliphatic heterocycles. The first-order valence-corrected chi connectivity index (χ1v) is 11.3. The van der Waals surface area contributed by atoms with Crippen LogP contribution in [-0.4, -0.2) is 29.8 Å². The third kappa shape index (κ3) is 3.32. The van der Waals surface area contributed by atoms with Gasteiger partial charge in [0.25, 0.3) is 8.32 Å². The number of benzene rings is 1. The van der Waals surface area contributed by atoms with Crippen molar-refractivity contribution in [2.45, 2.75) is 58.2 Å². The highest BCUT2D eigenvalue weighted by Gasteiger charge is 2.47. The Balaban J connectivity index is 2.66. The van der Waals surface area contributed by atoms with Crippen LogP contribution in [0, 0.1) is 0 Å². The molecule has 6 nitrogen and oxygen atoms in total. The molecule has 0 N–H and O–H groups in total. The summed E-state index contributed by atoms with van der Waals surface area (Å²) in [6.45, 7) is 13.5. The molecule has 0 unspecified atom stereocenters. The van der Waals surface area contributed by atoms with Crippen molar-refractivity contribution < 1.29 is 9.16 Å². The number of rotatable bonds is 7. The van der Waals surface area contributed by atoms with E-state index in [0.717, 1.165) is 0 Å². The molecular weight excluding hydrogens is 346 g/mol. The molecule has 1 aromatic heterocycles. The van der Waals surface area contributed by atoms with Crippen LogP contribution in [0.15, 0.2) is 29.1 Å². The molecule has 1 heterocycles. The zero-order valence-corrected chi connectivity index (χ0v) is 18.1. The Morgan fingerprint density at radius 1 is 1.00 bits per heavy atom. The minimum absolute atomic E-state index is 0.249. The second-order valence-electron chi connectivity index (χ2n) is 7.62. The zero-order chi connectivity index (χ0) is 19.6. The lowest BCUT2D eigenvalue weighted by atomic mass is 10.3. The molecule has 0 aliphatic carbocycles. The largest absolute Gasteiger partial charge is 0.541 e. The van der Waals surface area contributed by atoms with Gasteiger partial charge in [-0.15, -0.1) is 5.10 Å². The van der Waals surface area contributed by atoms with Crippen molar-refractivity contribution in [3.63, 3.8) is 0 Å². The lowest BCUT2D eigenvalue weighted by Gasteiger charge is -2.42. The van der Waals surface area contributed by atoms with Crippen molar-refractivity contribution >= 4 is 8.32 Å². The van der Waals surface area contributed by atoms with Gasteiger partial charge in [0.15, 0.2) is 0 Å². The van der Waals surface area contributed by atoms with E-state index in [-0.39, 0.29) is 11.7 Å². The average molecular weight is 378 g/mol.